The second-order valence-electron chi connectivity index (χ2n) is 4.27. The lowest BCUT2D eigenvalue weighted by Gasteiger charge is -2.08. The van der Waals surface area contributed by atoms with E-state index in [1.165, 1.54) is 24.3 Å². The van der Waals surface area contributed by atoms with Crippen molar-refractivity contribution in [3.63, 3.8) is 0 Å². The molecule has 3 nitrogen and oxygen atoms in total. The number of hydrogen-bond acceptors (Lipinski definition) is 2. The summed E-state index contributed by atoms with van der Waals surface area (Å²) < 4.78 is 43.6. The minimum absolute atomic E-state index is 0.201. The Kier molecular flexibility index (Phi) is 4.81. The van der Waals surface area contributed by atoms with Crippen LogP contribution in [0, 0.1) is 17.5 Å². The summed E-state index contributed by atoms with van der Waals surface area (Å²) in [6, 6.07) is 8.46. The van der Waals surface area contributed by atoms with Crippen molar-refractivity contribution in [3.05, 3.63) is 65.5 Å². The van der Waals surface area contributed by atoms with E-state index in [0.717, 1.165) is 17.7 Å². The van der Waals surface area contributed by atoms with Crippen LogP contribution >= 0.6 is 0 Å². The number of hydrogen-bond donors (Lipinski definition) is 1. The Morgan fingerprint density at radius 2 is 1.67 bits per heavy atom. The van der Waals surface area contributed by atoms with Gasteiger partial charge in [0.15, 0.2) is 18.2 Å². The van der Waals surface area contributed by atoms with E-state index in [-0.39, 0.29) is 18.1 Å². The minimum Gasteiger partial charge on any atom is -0.481 e. The van der Waals surface area contributed by atoms with Crippen molar-refractivity contribution < 1.29 is 22.7 Å². The fourth-order valence-electron chi connectivity index (χ4n) is 1.59. The van der Waals surface area contributed by atoms with E-state index >= 15 is 0 Å². The summed E-state index contributed by atoms with van der Waals surface area (Å²) in [5.41, 5.74) is 0.720. The monoisotopic (exact) mass is 295 g/mol. The zero-order chi connectivity index (χ0) is 15.2. The van der Waals surface area contributed by atoms with Gasteiger partial charge in [-0.2, -0.15) is 0 Å². The van der Waals surface area contributed by atoms with Gasteiger partial charge < -0.3 is 10.1 Å². The molecule has 2 rings (SSSR count). The van der Waals surface area contributed by atoms with Crippen LogP contribution in [0.2, 0.25) is 0 Å². The number of carbonyl (C=O) groups is 1. The van der Waals surface area contributed by atoms with Crippen LogP contribution in [-0.2, 0) is 11.3 Å². The molecule has 0 spiro atoms. The Bertz CT molecular complexity index is 629. The maximum atomic E-state index is 13.3. The van der Waals surface area contributed by atoms with E-state index < -0.39 is 24.1 Å². The molecule has 0 saturated carbocycles. The Labute approximate surface area is 119 Å². The zero-order valence-corrected chi connectivity index (χ0v) is 10.9. The van der Waals surface area contributed by atoms with Crippen LogP contribution in [0.5, 0.6) is 5.75 Å². The minimum atomic E-state index is -0.874. The topological polar surface area (TPSA) is 38.3 Å². The quantitative estimate of drug-likeness (QED) is 0.921. The van der Waals surface area contributed by atoms with E-state index in [2.05, 4.69) is 5.32 Å². The summed E-state index contributed by atoms with van der Waals surface area (Å²) in [6.45, 7) is -0.196. The highest BCUT2D eigenvalue weighted by Crippen LogP contribution is 2.17. The highest BCUT2D eigenvalue weighted by molar-refractivity contribution is 5.77. The highest BCUT2D eigenvalue weighted by atomic mass is 19.1. The third kappa shape index (κ3) is 4.52. The highest BCUT2D eigenvalue weighted by Gasteiger charge is 2.08. The van der Waals surface area contributed by atoms with Gasteiger partial charge in [-0.25, -0.2) is 13.2 Å². The summed E-state index contributed by atoms with van der Waals surface area (Å²) in [5.74, 6) is -2.63. The fourth-order valence-corrected chi connectivity index (χ4v) is 1.59. The zero-order valence-electron chi connectivity index (χ0n) is 10.9. The lowest BCUT2D eigenvalue weighted by Crippen LogP contribution is -2.28. The van der Waals surface area contributed by atoms with Gasteiger partial charge in [0.05, 0.1) is 0 Å². The Balaban J connectivity index is 1.80. The molecule has 0 radical (unpaired) electrons. The van der Waals surface area contributed by atoms with Crippen molar-refractivity contribution in [2.75, 3.05) is 6.61 Å². The number of halogens is 3. The molecule has 0 saturated heterocycles. The number of nitrogens with one attached hydrogen (secondary N) is 1. The molecule has 2 aromatic carbocycles. The molecule has 6 heteroatoms. The van der Waals surface area contributed by atoms with E-state index in [9.17, 15) is 18.0 Å². The number of rotatable bonds is 5. The molecule has 1 N–H and O–H groups in total. The van der Waals surface area contributed by atoms with Crippen molar-refractivity contribution in [1.29, 1.82) is 0 Å². The van der Waals surface area contributed by atoms with Gasteiger partial charge in [0, 0.05) is 12.6 Å². The standard InChI is InChI=1S/C15H12F3NO2/c16-11-3-1-10(2-4-11)8-19-15(20)9-21-14-6-5-12(17)7-13(14)18/h1-7H,8-9H2,(H,19,20). The summed E-state index contributed by atoms with van der Waals surface area (Å²) in [4.78, 5) is 11.5. The molecule has 0 aliphatic heterocycles. The molecular formula is C15H12F3NO2. The first-order valence-corrected chi connectivity index (χ1v) is 6.13. The van der Waals surface area contributed by atoms with Crippen molar-refractivity contribution >= 4 is 5.91 Å². The Hall–Kier alpha value is -2.50. The summed E-state index contributed by atoms with van der Waals surface area (Å²) in [7, 11) is 0. The normalized spacial score (nSPS) is 10.2. The molecule has 0 heterocycles. The van der Waals surface area contributed by atoms with Crippen molar-refractivity contribution in [2.45, 2.75) is 6.54 Å². The number of carbonyl (C=O) groups excluding carboxylic acids is 1. The number of benzene rings is 2. The first-order chi connectivity index (χ1) is 10.0. The summed E-state index contributed by atoms with van der Waals surface area (Å²) in [5, 5.41) is 2.54. The van der Waals surface area contributed by atoms with E-state index in [0.29, 0.717) is 6.07 Å². The van der Waals surface area contributed by atoms with Gasteiger partial charge in [-0.1, -0.05) is 12.1 Å². The van der Waals surface area contributed by atoms with Gasteiger partial charge >= 0.3 is 0 Å². The Morgan fingerprint density at radius 3 is 2.33 bits per heavy atom. The average molecular weight is 295 g/mol. The van der Waals surface area contributed by atoms with Crippen LogP contribution in [-0.4, -0.2) is 12.5 Å². The second-order valence-corrected chi connectivity index (χ2v) is 4.27. The van der Waals surface area contributed by atoms with E-state index in [1.54, 1.807) is 0 Å². The molecule has 0 aromatic heterocycles. The summed E-state index contributed by atoms with van der Waals surface area (Å²) >= 11 is 0. The SMILES string of the molecule is O=C(COc1ccc(F)cc1F)NCc1ccc(F)cc1. The summed E-state index contributed by atoms with van der Waals surface area (Å²) in [6.07, 6.45) is 0. The van der Waals surface area contributed by atoms with Crippen LogP contribution < -0.4 is 10.1 Å². The van der Waals surface area contributed by atoms with Crippen LogP contribution in [0.25, 0.3) is 0 Å². The predicted molar refractivity (Wildman–Crippen MR) is 70.1 cm³/mol. The maximum absolute atomic E-state index is 13.3. The largest absolute Gasteiger partial charge is 0.481 e. The molecular weight excluding hydrogens is 283 g/mol. The predicted octanol–water partition coefficient (Wildman–Crippen LogP) is 2.80. The molecule has 110 valence electrons. The van der Waals surface area contributed by atoms with Gasteiger partial charge in [-0.15, -0.1) is 0 Å². The fraction of sp³-hybridized carbons (Fsp3) is 0.133. The number of amides is 1. The Morgan fingerprint density at radius 1 is 1.00 bits per heavy atom. The number of ether oxygens (including phenoxy) is 1. The molecule has 2 aromatic rings. The first-order valence-electron chi connectivity index (χ1n) is 6.13. The van der Waals surface area contributed by atoms with Crippen LogP contribution in [0.4, 0.5) is 13.2 Å². The first kappa shape index (κ1) is 14.9. The van der Waals surface area contributed by atoms with Crippen LogP contribution in [0.3, 0.4) is 0 Å². The average Bonchev–Trinajstić information content (AvgIpc) is 2.46. The molecule has 0 atom stereocenters. The lowest BCUT2D eigenvalue weighted by atomic mass is 10.2. The molecule has 1 amide bonds. The molecule has 21 heavy (non-hydrogen) atoms. The molecule has 0 fully saturated rings. The van der Waals surface area contributed by atoms with E-state index in [4.69, 9.17) is 4.74 Å². The third-order valence-corrected chi connectivity index (χ3v) is 2.66. The third-order valence-electron chi connectivity index (χ3n) is 2.66. The van der Waals surface area contributed by atoms with Crippen molar-refractivity contribution in [3.8, 4) is 5.75 Å². The molecule has 0 unspecified atom stereocenters. The van der Waals surface area contributed by atoms with Crippen molar-refractivity contribution in [2.24, 2.45) is 0 Å². The van der Waals surface area contributed by atoms with Gasteiger partial charge in [-0.05, 0) is 29.8 Å². The molecule has 0 bridgehead atoms. The smallest absolute Gasteiger partial charge is 0.258 e. The second kappa shape index (κ2) is 6.78. The lowest BCUT2D eigenvalue weighted by molar-refractivity contribution is -0.123. The molecule has 0 aliphatic carbocycles. The van der Waals surface area contributed by atoms with Crippen LogP contribution in [0.15, 0.2) is 42.5 Å². The van der Waals surface area contributed by atoms with Crippen molar-refractivity contribution in [1.82, 2.24) is 5.32 Å². The van der Waals surface area contributed by atoms with Gasteiger partial charge in [0.2, 0.25) is 0 Å². The van der Waals surface area contributed by atoms with E-state index in [1.807, 2.05) is 0 Å². The molecule has 0 aliphatic rings. The van der Waals surface area contributed by atoms with Gasteiger partial charge in [0.25, 0.3) is 5.91 Å². The van der Waals surface area contributed by atoms with Gasteiger partial charge in [0.1, 0.15) is 11.6 Å². The van der Waals surface area contributed by atoms with Crippen LogP contribution in [0.1, 0.15) is 5.56 Å². The maximum Gasteiger partial charge on any atom is 0.258 e. The van der Waals surface area contributed by atoms with Gasteiger partial charge in [-0.3, -0.25) is 4.79 Å².